The molecular formula is C17H21N3O. The van der Waals surface area contributed by atoms with Crippen molar-refractivity contribution in [1.82, 2.24) is 4.98 Å². The van der Waals surface area contributed by atoms with Gasteiger partial charge in [-0.05, 0) is 37.1 Å². The van der Waals surface area contributed by atoms with Crippen LogP contribution in [0, 0.1) is 6.92 Å². The summed E-state index contributed by atoms with van der Waals surface area (Å²) < 4.78 is 0. The minimum Gasteiger partial charge on any atom is -0.387 e. The minimum absolute atomic E-state index is 0.157. The van der Waals surface area contributed by atoms with Crippen molar-refractivity contribution in [2.45, 2.75) is 26.7 Å². The van der Waals surface area contributed by atoms with E-state index in [0.717, 1.165) is 29.9 Å². The van der Waals surface area contributed by atoms with Crippen molar-refractivity contribution >= 4 is 17.3 Å². The minimum atomic E-state index is -0.157. The molecule has 0 aliphatic carbocycles. The molecule has 21 heavy (non-hydrogen) atoms. The number of aryl methyl sites for hydroxylation is 2. The summed E-state index contributed by atoms with van der Waals surface area (Å²) in [6.45, 7) is 4.05. The molecule has 0 aliphatic rings. The summed E-state index contributed by atoms with van der Waals surface area (Å²) in [6.07, 6.45) is 3.77. The van der Waals surface area contributed by atoms with E-state index in [4.69, 9.17) is 0 Å². The van der Waals surface area contributed by atoms with E-state index in [1.54, 1.807) is 13.2 Å². The first-order valence-electron chi connectivity index (χ1n) is 7.18. The highest BCUT2D eigenvalue weighted by Gasteiger charge is 2.11. The topological polar surface area (TPSA) is 54.0 Å². The average molecular weight is 283 g/mol. The molecule has 0 saturated carbocycles. The fraction of sp³-hybridized carbons (Fsp3) is 0.294. The van der Waals surface area contributed by atoms with Gasteiger partial charge >= 0.3 is 0 Å². The van der Waals surface area contributed by atoms with Crippen molar-refractivity contribution < 1.29 is 4.79 Å². The van der Waals surface area contributed by atoms with Gasteiger partial charge in [0.25, 0.3) is 5.91 Å². The van der Waals surface area contributed by atoms with Gasteiger partial charge in [-0.15, -0.1) is 0 Å². The van der Waals surface area contributed by atoms with E-state index in [-0.39, 0.29) is 5.91 Å². The van der Waals surface area contributed by atoms with Crippen LogP contribution in [0.1, 0.15) is 35.0 Å². The Balaban J connectivity index is 2.14. The molecule has 0 radical (unpaired) electrons. The second-order valence-corrected chi connectivity index (χ2v) is 5.02. The van der Waals surface area contributed by atoms with Crippen LogP contribution < -0.4 is 10.6 Å². The van der Waals surface area contributed by atoms with Crippen molar-refractivity contribution in [1.29, 1.82) is 0 Å². The van der Waals surface area contributed by atoms with Crippen molar-refractivity contribution in [3.63, 3.8) is 0 Å². The molecule has 1 amide bonds. The van der Waals surface area contributed by atoms with E-state index in [0.29, 0.717) is 5.56 Å². The average Bonchev–Trinajstić information content (AvgIpc) is 2.49. The van der Waals surface area contributed by atoms with Crippen molar-refractivity contribution in [2.75, 3.05) is 17.7 Å². The molecule has 2 rings (SSSR count). The number of nitrogens with one attached hydrogen (secondary N) is 2. The van der Waals surface area contributed by atoms with Crippen LogP contribution in [0.15, 0.2) is 36.5 Å². The van der Waals surface area contributed by atoms with E-state index in [2.05, 4.69) is 22.5 Å². The molecule has 1 aromatic heterocycles. The molecule has 110 valence electrons. The Bertz CT molecular complexity index is 620. The van der Waals surface area contributed by atoms with Gasteiger partial charge in [0.1, 0.15) is 0 Å². The van der Waals surface area contributed by atoms with Gasteiger partial charge in [-0.3, -0.25) is 9.78 Å². The zero-order valence-corrected chi connectivity index (χ0v) is 12.7. The number of carbonyl (C=O) groups is 1. The van der Waals surface area contributed by atoms with Gasteiger partial charge in [-0.25, -0.2) is 0 Å². The SMILES string of the molecule is CCCc1ccc(NC(=O)c2cnc(C)cc2NC)cc1. The van der Waals surface area contributed by atoms with Gasteiger partial charge < -0.3 is 10.6 Å². The smallest absolute Gasteiger partial charge is 0.259 e. The van der Waals surface area contributed by atoms with E-state index in [1.165, 1.54) is 5.56 Å². The maximum absolute atomic E-state index is 12.3. The lowest BCUT2D eigenvalue weighted by Crippen LogP contribution is -2.14. The second-order valence-electron chi connectivity index (χ2n) is 5.02. The molecule has 2 aromatic rings. The molecule has 1 heterocycles. The van der Waals surface area contributed by atoms with Crippen molar-refractivity contribution in [2.24, 2.45) is 0 Å². The summed E-state index contributed by atoms with van der Waals surface area (Å²) in [5, 5.41) is 5.93. The molecule has 0 unspecified atom stereocenters. The quantitative estimate of drug-likeness (QED) is 0.881. The van der Waals surface area contributed by atoms with Gasteiger partial charge in [0.15, 0.2) is 0 Å². The maximum atomic E-state index is 12.3. The summed E-state index contributed by atoms with van der Waals surface area (Å²) >= 11 is 0. The summed E-state index contributed by atoms with van der Waals surface area (Å²) in [5.74, 6) is -0.157. The van der Waals surface area contributed by atoms with E-state index < -0.39 is 0 Å². The van der Waals surface area contributed by atoms with Crippen LogP contribution in [0.3, 0.4) is 0 Å². The number of amides is 1. The normalized spacial score (nSPS) is 10.2. The van der Waals surface area contributed by atoms with Crippen LogP contribution in [-0.4, -0.2) is 17.9 Å². The number of pyridine rings is 1. The number of rotatable bonds is 5. The molecule has 4 nitrogen and oxygen atoms in total. The number of hydrogen-bond acceptors (Lipinski definition) is 3. The highest BCUT2D eigenvalue weighted by molar-refractivity contribution is 6.07. The Hall–Kier alpha value is -2.36. The predicted molar refractivity (Wildman–Crippen MR) is 86.9 cm³/mol. The number of benzene rings is 1. The van der Waals surface area contributed by atoms with Crippen LogP contribution in [0.4, 0.5) is 11.4 Å². The Morgan fingerprint density at radius 3 is 2.57 bits per heavy atom. The standard InChI is InChI=1S/C17H21N3O/c1-4-5-13-6-8-14(9-7-13)20-17(21)15-11-19-12(2)10-16(15)18-3/h6-11H,4-5H2,1-3H3,(H,18,19)(H,20,21). The van der Waals surface area contributed by atoms with E-state index >= 15 is 0 Å². The summed E-state index contributed by atoms with van der Waals surface area (Å²) in [4.78, 5) is 16.5. The van der Waals surface area contributed by atoms with Gasteiger partial charge in [0.2, 0.25) is 0 Å². The summed E-state index contributed by atoms with van der Waals surface area (Å²) in [7, 11) is 1.80. The summed E-state index contributed by atoms with van der Waals surface area (Å²) in [5.41, 5.74) is 4.27. The number of aromatic nitrogens is 1. The Kier molecular flexibility index (Phi) is 4.93. The largest absolute Gasteiger partial charge is 0.387 e. The maximum Gasteiger partial charge on any atom is 0.259 e. The van der Waals surface area contributed by atoms with Gasteiger partial charge in [0.05, 0.1) is 11.3 Å². The first kappa shape index (κ1) is 15.0. The van der Waals surface area contributed by atoms with Gasteiger partial charge in [-0.2, -0.15) is 0 Å². The first-order chi connectivity index (χ1) is 10.1. The van der Waals surface area contributed by atoms with Crippen molar-refractivity contribution in [3.05, 3.63) is 53.3 Å². The third-order valence-corrected chi connectivity index (χ3v) is 3.31. The van der Waals surface area contributed by atoms with Gasteiger partial charge in [-0.1, -0.05) is 25.5 Å². The Morgan fingerprint density at radius 1 is 1.24 bits per heavy atom. The van der Waals surface area contributed by atoms with E-state index in [9.17, 15) is 4.79 Å². The molecule has 0 spiro atoms. The molecule has 0 fully saturated rings. The van der Waals surface area contributed by atoms with Gasteiger partial charge in [0, 0.05) is 24.6 Å². The Labute approximate surface area is 125 Å². The predicted octanol–water partition coefficient (Wildman–Crippen LogP) is 3.64. The molecule has 0 bridgehead atoms. The van der Waals surface area contributed by atoms with Crippen LogP contribution >= 0.6 is 0 Å². The molecule has 1 aromatic carbocycles. The third kappa shape index (κ3) is 3.81. The number of hydrogen-bond donors (Lipinski definition) is 2. The Morgan fingerprint density at radius 2 is 1.95 bits per heavy atom. The summed E-state index contributed by atoms with van der Waals surface area (Å²) in [6, 6.07) is 9.82. The molecule has 4 heteroatoms. The molecule has 2 N–H and O–H groups in total. The van der Waals surface area contributed by atoms with Crippen LogP contribution in [0.5, 0.6) is 0 Å². The van der Waals surface area contributed by atoms with Crippen molar-refractivity contribution in [3.8, 4) is 0 Å². The molecule has 0 aliphatic heterocycles. The monoisotopic (exact) mass is 283 g/mol. The lowest BCUT2D eigenvalue weighted by molar-refractivity contribution is 0.102. The highest BCUT2D eigenvalue weighted by atomic mass is 16.1. The van der Waals surface area contributed by atoms with Crippen LogP contribution in [0.25, 0.3) is 0 Å². The second kappa shape index (κ2) is 6.88. The zero-order chi connectivity index (χ0) is 15.2. The lowest BCUT2D eigenvalue weighted by Gasteiger charge is -2.10. The fourth-order valence-electron chi connectivity index (χ4n) is 2.19. The zero-order valence-electron chi connectivity index (χ0n) is 12.7. The van der Waals surface area contributed by atoms with E-state index in [1.807, 2.05) is 37.3 Å². The number of nitrogens with zero attached hydrogens (tertiary/aromatic N) is 1. The van der Waals surface area contributed by atoms with Crippen LogP contribution in [0.2, 0.25) is 0 Å². The highest BCUT2D eigenvalue weighted by Crippen LogP contribution is 2.18. The third-order valence-electron chi connectivity index (χ3n) is 3.31. The van der Waals surface area contributed by atoms with Crippen LogP contribution in [-0.2, 0) is 6.42 Å². The number of anilines is 2. The molecule has 0 saturated heterocycles. The lowest BCUT2D eigenvalue weighted by atomic mass is 10.1. The fourth-order valence-corrected chi connectivity index (χ4v) is 2.19. The molecular weight excluding hydrogens is 262 g/mol. The first-order valence-corrected chi connectivity index (χ1v) is 7.18. The number of carbonyl (C=O) groups excluding carboxylic acids is 1. The molecule has 0 atom stereocenters.